The number of fused-ring (bicyclic) bond motifs is 1. The monoisotopic (exact) mass is 276 g/mol. The van der Waals surface area contributed by atoms with Crippen LogP contribution in [0.1, 0.15) is 29.2 Å². The van der Waals surface area contributed by atoms with E-state index < -0.39 is 0 Å². The first-order valence-electron chi connectivity index (χ1n) is 7.38. The Balaban J connectivity index is 1.79. The predicted molar refractivity (Wildman–Crippen MR) is 88.2 cm³/mol. The fraction of sp³-hybridized carbons (Fsp3) is 0.211. The third kappa shape index (κ3) is 3.11. The van der Waals surface area contributed by atoms with E-state index in [2.05, 4.69) is 54.4 Å². The van der Waals surface area contributed by atoms with Crippen LogP contribution in [0.3, 0.4) is 0 Å². The number of rotatable bonds is 4. The summed E-state index contributed by atoms with van der Waals surface area (Å²) in [5.41, 5.74) is 10.3. The Bertz CT molecular complexity index is 744. The van der Waals surface area contributed by atoms with Crippen molar-refractivity contribution in [3.63, 3.8) is 0 Å². The molecular formula is C19H20N2. The lowest BCUT2D eigenvalue weighted by atomic mass is 9.95. The number of nitrogens with two attached hydrogens (primary N) is 1. The molecule has 106 valence electrons. The maximum absolute atomic E-state index is 6.42. The Morgan fingerprint density at radius 1 is 1.10 bits per heavy atom. The van der Waals surface area contributed by atoms with Gasteiger partial charge in [0.1, 0.15) is 0 Å². The van der Waals surface area contributed by atoms with Crippen molar-refractivity contribution in [2.75, 3.05) is 0 Å². The zero-order valence-electron chi connectivity index (χ0n) is 12.3. The van der Waals surface area contributed by atoms with Crippen molar-refractivity contribution in [1.29, 1.82) is 0 Å². The molecule has 1 aromatic heterocycles. The Morgan fingerprint density at radius 3 is 2.81 bits per heavy atom. The molecule has 2 nitrogen and oxygen atoms in total. The normalized spacial score (nSPS) is 12.5. The van der Waals surface area contributed by atoms with E-state index in [0.717, 1.165) is 18.2 Å². The lowest BCUT2D eigenvalue weighted by Crippen LogP contribution is -2.12. The summed E-state index contributed by atoms with van der Waals surface area (Å²) in [5.74, 6) is 0. The molecule has 0 spiro atoms. The quantitative estimate of drug-likeness (QED) is 0.776. The summed E-state index contributed by atoms with van der Waals surface area (Å²) >= 11 is 0. The van der Waals surface area contributed by atoms with Gasteiger partial charge in [0.05, 0.1) is 0 Å². The van der Waals surface area contributed by atoms with Gasteiger partial charge >= 0.3 is 0 Å². The molecule has 0 aliphatic heterocycles. The average molecular weight is 276 g/mol. The second kappa shape index (κ2) is 6.06. The zero-order chi connectivity index (χ0) is 14.7. The number of pyridine rings is 1. The first kappa shape index (κ1) is 13.8. The van der Waals surface area contributed by atoms with E-state index in [-0.39, 0.29) is 6.04 Å². The molecule has 0 radical (unpaired) electrons. The minimum Gasteiger partial charge on any atom is -0.324 e. The number of aromatic nitrogens is 1. The van der Waals surface area contributed by atoms with Crippen molar-refractivity contribution in [2.45, 2.75) is 25.8 Å². The summed E-state index contributed by atoms with van der Waals surface area (Å²) in [6, 6.07) is 17.0. The van der Waals surface area contributed by atoms with Gasteiger partial charge in [0.2, 0.25) is 0 Å². The van der Waals surface area contributed by atoms with Gasteiger partial charge in [-0.1, -0.05) is 48.0 Å². The molecule has 0 aliphatic carbocycles. The van der Waals surface area contributed by atoms with Crippen LogP contribution in [0, 0.1) is 6.92 Å². The van der Waals surface area contributed by atoms with Crippen LogP contribution in [0.2, 0.25) is 0 Å². The minimum atomic E-state index is 0.0402. The molecule has 2 N–H and O–H groups in total. The fourth-order valence-electron chi connectivity index (χ4n) is 2.81. The summed E-state index contributed by atoms with van der Waals surface area (Å²) in [4.78, 5) is 4.23. The summed E-state index contributed by atoms with van der Waals surface area (Å²) in [7, 11) is 0. The molecule has 1 atom stereocenters. The highest BCUT2D eigenvalue weighted by Crippen LogP contribution is 2.25. The van der Waals surface area contributed by atoms with Crippen LogP contribution < -0.4 is 5.73 Å². The van der Waals surface area contributed by atoms with E-state index in [1.54, 1.807) is 0 Å². The van der Waals surface area contributed by atoms with Gasteiger partial charge in [-0.2, -0.15) is 0 Å². The molecule has 0 aliphatic rings. The molecule has 3 rings (SSSR count). The maximum atomic E-state index is 6.42. The molecule has 2 heteroatoms. The third-order valence-electron chi connectivity index (χ3n) is 3.94. The lowest BCUT2D eigenvalue weighted by Gasteiger charge is -2.14. The van der Waals surface area contributed by atoms with Gasteiger partial charge in [-0.15, -0.1) is 0 Å². The van der Waals surface area contributed by atoms with Crippen LogP contribution in [0.15, 0.2) is 60.9 Å². The van der Waals surface area contributed by atoms with Crippen molar-refractivity contribution in [3.05, 3.63) is 77.6 Å². The largest absolute Gasteiger partial charge is 0.324 e. The average Bonchev–Trinajstić information content (AvgIpc) is 2.52. The Hall–Kier alpha value is -2.19. The van der Waals surface area contributed by atoms with Crippen molar-refractivity contribution in [2.24, 2.45) is 5.73 Å². The number of nitrogens with zero attached hydrogens (tertiary/aromatic N) is 1. The van der Waals surface area contributed by atoms with Crippen molar-refractivity contribution < 1.29 is 0 Å². The van der Waals surface area contributed by atoms with Gasteiger partial charge in [-0.25, -0.2) is 0 Å². The molecule has 3 aromatic rings. The minimum absolute atomic E-state index is 0.0402. The summed E-state index contributed by atoms with van der Waals surface area (Å²) in [6.45, 7) is 2.12. The summed E-state index contributed by atoms with van der Waals surface area (Å²) < 4.78 is 0. The zero-order valence-corrected chi connectivity index (χ0v) is 12.3. The first-order chi connectivity index (χ1) is 10.2. The van der Waals surface area contributed by atoms with E-state index in [9.17, 15) is 0 Å². The third-order valence-corrected chi connectivity index (χ3v) is 3.94. The van der Waals surface area contributed by atoms with E-state index in [1.165, 1.54) is 22.1 Å². The van der Waals surface area contributed by atoms with Crippen LogP contribution in [0.4, 0.5) is 0 Å². The standard InChI is InChI=1S/C19H20N2/c1-14-4-2-5-15(12-14)8-9-19(20)17-7-3-6-16-10-11-21-13-18(16)17/h2-7,10-13,19H,8-9,20H2,1H3. The van der Waals surface area contributed by atoms with E-state index >= 15 is 0 Å². The highest BCUT2D eigenvalue weighted by Gasteiger charge is 2.10. The van der Waals surface area contributed by atoms with E-state index in [4.69, 9.17) is 5.73 Å². The highest BCUT2D eigenvalue weighted by molar-refractivity contribution is 5.85. The van der Waals surface area contributed by atoms with Gasteiger partial charge in [0.15, 0.2) is 0 Å². The molecule has 0 saturated heterocycles. The van der Waals surface area contributed by atoms with E-state index in [1.807, 2.05) is 18.5 Å². The number of hydrogen-bond acceptors (Lipinski definition) is 2. The lowest BCUT2D eigenvalue weighted by molar-refractivity contribution is 0.655. The van der Waals surface area contributed by atoms with Gasteiger partial charge in [0, 0.05) is 23.8 Å². The number of benzene rings is 2. The molecule has 0 amide bonds. The topological polar surface area (TPSA) is 38.9 Å². The number of hydrogen-bond donors (Lipinski definition) is 1. The second-order valence-corrected chi connectivity index (χ2v) is 5.58. The molecule has 21 heavy (non-hydrogen) atoms. The van der Waals surface area contributed by atoms with Crippen LogP contribution in [-0.2, 0) is 6.42 Å². The van der Waals surface area contributed by atoms with Gasteiger partial charge in [-0.05, 0) is 42.3 Å². The molecular weight excluding hydrogens is 256 g/mol. The van der Waals surface area contributed by atoms with Gasteiger partial charge in [-0.3, -0.25) is 4.98 Å². The van der Waals surface area contributed by atoms with Crippen molar-refractivity contribution in [1.82, 2.24) is 4.98 Å². The maximum Gasteiger partial charge on any atom is 0.0349 e. The molecule has 2 aromatic carbocycles. The van der Waals surface area contributed by atoms with Crippen LogP contribution in [-0.4, -0.2) is 4.98 Å². The van der Waals surface area contributed by atoms with Gasteiger partial charge in [0.25, 0.3) is 0 Å². The smallest absolute Gasteiger partial charge is 0.0349 e. The molecule has 0 fully saturated rings. The molecule has 1 unspecified atom stereocenters. The van der Waals surface area contributed by atoms with Gasteiger partial charge < -0.3 is 5.73 Å². The van der Waals surface area contributed by atoms with Crippen molar-refractivity contribution >= 4 is 10.8 Å². The Morgan fingerprint density at radius 2 is 1.95 bits per heavy atom. The molecule has 0 saturated carbocycles. The summed E-state index contributed by atoms with van der Waals surface area (Å²) in [6.07, 6.45) is 5.68. The molecule has 0 bridgehead atoms. The second-order valence-electron chi connectivity index (χ2n) is 5.58. The van der Waals surface area contributed by atoms with Crippen LogP contribution in [0.25, 0.3) is 10.8 Å². The summed E-state index contributed by atoms with van der Waals surface area (Å²) in [5, 5.41) is 2.37. The van der Waals surface area contributed by atoms with Crippen LogP contribution >= 0.6 is 0 Å². The SMILES string of the molecule is Cc1cccc(CCC(N)c2cccc3ccncc23)c1. The first-order valence-corrected chi connectivity index (χ1v) is 7.38. The van der Waals surface area contributed by atoms with Crippen LogP contribution in [0.5, 0.6) is 0 Å². The fourth-order valence-corrected chi connectivity index (χ4v) is 2.81. The predicted octanol–water partition coefficient (Wildman–Crippen LogP) is 4.18. The van der Waals surface area contributed by atoms with Crippen molar-refractivity contribution in [3.8, 4) is 0 Å². The molecule has 1 heterocycles. The van der Waals surface area contributed by atoms with E-state index in [0.29, 0.717) is 0 Å². The Labute approximate surface area is 125 Å². The highest BCUT2D eigenvalue weighted by atomic mass is 14.6. The number of aryl methyl sites for hydroxylation is 2. The Kier molecular flexibility index (Phi) is 3.98.